The fourth-order valence-corrected chi connectivity index (χ4v) is 7.34. The number of allylic oxidation sites excluding steroid dienone is 4. The van der Waals surface area contributed by atoms with Crippen molar-refractivity contribution >= 4 is 19.4 Å². The number of ketones is 2. The van der Waals surface area contributed by atoms with Gasteiger partial charge in [-0.2, -0.15) is 0 Å². The smallest absolute Gasteiger partial charge is 0.393 e. The second kappa shape index (κ2) is 6.92. The van der Waals surface area contributed by atoms with Gasteiger partial charge in [0.25, 0.3) is 0 Å². The molecule has 0 aromatic rings. The first kappa shape index (κ1) is 22.1. The number of carbonyl (C=O) groups is 2. The van der Waals surface area contributed by atoms with Crippen LogP contribution >= 0.6 is 7.82 Å². The van der Waals surface area contributed by atoms with E-state index in [0.717, 1.165) is 18.4 Å². The zero-order valence-electron chi connectivity index (χ0n) is 17.2. The summed E-state index contributed by atoms with van der Waals surface area (Å²) in [4.78, 5) is 42.5. The maximum absolute atomic E-state index is 12.8. The standard InChI is InChI=1S/C21H29O8P/c1-19-7-5-13(22)9-12(19)3-4-14-15-6-8-21(25,17(24)11-29-30(26,27)28)20(15,2)10-16(23)18(14)19/h5,7,9,14-16,18,23,25H,3-4,6,8,10-11H2,1-2H3,(H2,26,27,28)/t14?,15?,16?,18?,19?,20?,21-/m0/s1. The van der Waals surface area contributed by atoms with Crippen molar-refractivity contribution in [2.45, 2.75) is 57.7 Å². The topological polar surface area (TPSA) is 141 Å². The Labute approximate surface area is 175 Å². The molecule has 3 saturated carbocycles. The highest BCUT2D eigenvalue weighted by Gasteiger charge is 2.68. The third-order valence-electron chi connectivity index (χ3n) is 8.47. The van der Waals surface area contributed by atoms with Crippen molar-refractivity contribution < 1.29 is 38.7 Å². The van der Waals surface area contributed by atoms with Gasteiger partial charge in [-0.05, 0) is 56.1 Å². The number of Topliss-reactive ketones (excluding diaryl/α,β-unsaturated/α-hetero) is 1. The molecular weight excluding hydrogens is 411 g/mol. The van der Waals surface area contributed by atoms with Gasteiger partial charge in [0, 0.05) is 16.7 Å². The number of aliphatic hydroxyl groups excluding tert-OH is 1. The lowest BCUT2D eigenvalue weighted by Crippen LogP contribution is -2.61. The average molecular weight is 440 g/mol. The molecule has 0 aromatic heterocycles. The minimum atomic E-state index is -4.84. The molecule has 6 unspecified atom stereocenters. The van der Waals surface area contributed by atoms with Gasteiger partial charge in [-0.1, -0.05) is 25.5 Å². The van der Waals surface area contributed by atoms with Gasteiger partial charge in [0.2, 0.25) is 0 Å². The molecule has 0 spiro atoms. The SMILES string of the molecule is CC12C=CC(=O)C=C1CCC1C2C(O)CC2(C)C1CC[C@]2(O)C(=O)COP(=O)(O)O. The zero-order chi connectivity index (χ0) is 22.1. The van der Waals surface area contributed by atoms with Gasteiger partial charge in [-0.25, -0.2) is 4.57 Å². The van der Waals surface area contributed by atoms with E-state index in [2.05, 4.69) is 4.52 Å². The maximum Gasteiger partial charge on any atom is 0.470 e. The normalized spacial score (nSPS) is 45.4. The third-order valence-corrected chi connectivity index (χ3v) is 8.94. The van der Waals surface area contributed by atoms with E-state index in [1.807, 2.05) is 13.0 Å². The van der Waals surface area contributed by atoms with Crippen molar-refractivity contribution in [3.63, 3.8) is 0 Å². The van der Waals surface area contributed by atoms with Crippen LogP contribution in [0.4, 0.5) is 0 Å². The molecule has 9 heteroatoms. The number of hydrogen-bond donors (Lipinski definition) is 4. The van der Waals surface area contributed by atoms with E-state index in [4.69, 9.17) is 9.79 Å². The molecule has 0 heterocycles. The number of phosphoric ester groups is 1. The van der Waals surface area contributed by atoms with Gasteiger partial charge in [0.1, 0.15) is 12.2 Å². The van der Waals surface area contributed by atoms with Crippen LogP contribution in [0.3, 0.4) is 0 Å². The summed E-state index contributed by atoms with van der Waals surface area (Å²) in [6.45, 7) is 2.97. The minimum Gasteiger partial charge on any atom is -0.393 e. The molecule has 4 aliphatic rings. The van der Waals surface area contributed by atoms with Crippen molar-refractivity contribution in [3.05, 3.63) is 23.8 Å². The first-order chi connectivity index (χ1) is 13.8. The molecule has 3 fully saturated rings. The number of carbonyl (C=O) groups excluding carboxylic acids is 2. The Morgan fingerprint density at radius 3 is 2.67 bits per heavy atom. The Kier molecular flexibility index (Phi) is 5.09. The van der Waals surface area contributed by atoms with Crippen molar-refractivity contribution in [1.29, 1.82) is 0 Å². The summed E-state index contributed by atoms with van der Waals surface area (Å²) in [6, 6.07) is 0. The molecule has 0 radical (unpaired) electrons. The fraction of sp³-hybridized carbons (Fsp3) is 0.714. The molecule has 0 saturated heterocycles. The summed E-state index contributed by atoms with van der Waals surface area (Å²) in [5, 5.41) is 22.6. The number of phosphoric acid groups is 1. The van der Waals surface area contributed by atoms with E-state index < -0.39 is 42.7 Å². The Bertz CT molecular complexity index is 889. The molecule has 7 atom stereocenters. The molecule has 0 bridgehead atoms. The van der Waals surface area contributed by atoms with Crippen LogP contribution in [-0.2, 0) is 18.7 Å². The molecule has 0 amide bonds. The van der Waals surface area contributed by atoms with Crippen LogP contribution in [0.1, 0.15) is 46.0 Å². The lowest BCUT2D eigenvalue weighted by atomic mass is 9.46. The quantitative estimate of drug-likeness (QED) is 0.484. The predicted octanol–water partition coefficient (Wildman–Crippen LogP) is 1.67. The highest BCUT2D eigenvalue weighted by atomic mass is 31.2. The summed E-state index contributed by atoms with van der Waals surface area (Å²) in [5.74, 6) is -0.888. The second-order valence-corrected chi connectivity index (χ2v) is 11.0. The van der Waals surface area contributed by atoms with Gasteiger partial charge >= 0.3 is 7.82 Å². The van der Waals surface area contributed by atoms with Gasteiger partial charge in [-0.15, -0.1) is 0 Å². The first-order valence-corrected chi connectivity index (χ1v) is 11.9. The second-order valence-electron chi connectivity index (χ2n) is 9.80. The molecule has 0 aliphatic heterocycles. The average Bonchev–Trinajstić information content (AvgIpc) is 2.91. The fourth-order valence-electron chi connectivity index (χ4n) is 7.05. The lowest BCUT2D eigenvalue weighted by molar-refractivity contribution is -0.178. The van der Waals surface area contributed by atoms with Gasteiger partial charge < -0.3 is 20.0 Å². The van der Waals surface area contributed by atoms with E-state index in [1.54, 1.807) is 19.1 Å². The predicted molar refractivity (Wildman–Crippen MR) is 106 cm³/mol. The summed E-state index contributed by atoms with van der Waals surface area (Å²) < 4.78 is 15.4. The Hall–Kier alpha value is -1.15. The van der Waals surface area contributed by atoms with Crippen LogP contribution in [-0.4, -0.2) is 49.9 Å². The number of fused-ring (bicyclic) bond motifs is 5. The molecule has 30 heavy (non-hydrogen) atoms. The molecule has 4 aliphatic carbocycles. The van der Waals surface area contributed by atoms with Gasteiger partial charge in [0.15, 0.2) is 11.6 Å². The summed E-state index contributed by atoms with van der Waals surface area (Å²) in [7, 11) is -4.84. The van der Waals surface area contributed by atoms with Crippen LogP contribution in [0.2, 0.25) is 0 Å². The van der Waals surface area contributed by atoms with E-state index in [1.165, 1.54) is 0 Å². The largest absolute Gasteiger partial charge is 0.470 e. The van der Waals surface area contributed by atoms with Crippen molar-refractivity contribution in [2.75, 3.05) is 6.61 Å². The minimum absolute atomic E-state index is 0.0284. The van der Waals surface area contributed by atoms with Crippen molar-refractivity contribution in [1.82, 2.24) is 0 Å². The number of rotatable bonds is 4. The molecule has 0 aromatic carbocycles. The molecule has 166 valence electrons. The third kappa shape index (κ3) is 3.12. The van der Waals surface area contributed by atoms with Crippen LogP contribution in [0.15, 0.2) is 23.8 Å². The Morgan fingerprint density at radius 2 is 2.00 bits per heavy atom. The van der Waals surface area contributed by atoms with E-state index in [9.17, 15) is 24.4 Å². The highest BCUT2D eigenvalue weighted by molar-refractivity contribution is 7.46. The number of aliphatic hydroxyl groups is 2. The van der Waals surface area contributed by atoms with E-state index in [0.29, 0.717) is 6.42 Å². The summed E-state index contributed by atoms with van der Waals surface area (Å²) in [5.41, 5.74) is -2.15. The lowest BCUT2D eigenvalue weighted by Gasteiger charge is -2.59. The van der Waals surface area contributed by atoms with E-state index in [-0.39, 0.29) is 36.4 Å². The maximum atomic E-state index is 12.8. The summed E-state index contributed by atoms with van der Waals surface area (Å²) >= 11 is 0. The molecule has 4 rings (SSSR count). The Morgan fingerprint density at radius 1 is 1.30 bits per heavy atom. The summed E-state index contributed by atoms with van der Waals surface area (Å²) in [6.07, 6.45) is 6.76. The van der Waals surface area contributed by atoms with Crippen molar-refractivity contribution in [3.8, 4) is 0 Å². The number of hydrogen-bond acceptors (Lipinski definition) is 6. The van der Waals surface area contributed by atoms with Gasteiger partial charge in [-0.3, -0.25) is 14.1 Å². The van der Waals surface area contributed by atoms with Crippen molar-refractivity contribution in [2.24, 2.45) is 28.6 Å². The van der Waals surface area contributed by atoms with Crippen LogP contribution in [0, 0.1) is 28.6 Å². The molecule has 8 nitrogen and oxygen atoms in total. The highest BCUT2D eigenvalue weighted by Crippen LogP contribution is 2.67. The van der Waals surface area contributed by atoms with Crippen LogP contribution in [0.5, 0.6) is 0 Å². The van der Waals surface area contributed by atoms with E-state index >= 15 is 0 Å². The van der Waals surface area contributed by atoms with Gasteiger partial charge in [0.05, 0.1) is 6.10 Å². The monoisotopic (exact) mass is 440 g/mol. The van der Waals surface area contributed by atoms with Crippen LogP contribution < -0.4 is 0 Å². The Balaban J connectivity index is 1.65. The molecular formula is C21H29O8P. The van der Waals surface area contributed by atoms with Crippen LogP contribution in [0.25, 0.3) is 0 Å². The zero-order valence-corrected chi connectivity index (χ0v) is 18.0. The molecule has 4 N–H and O–H groups in total. The first-order valence-electron chi connectivity index (χ1n) is 10.4.